The van der Waals surface area contributed by atoms with Crippen molar-refractivity contribution in [3.63, 3.8) is 0 Å². The molecule has 0 fully saturated rings. The maximum Gasteiger partial charge on any atom is 0.181 e. The Labute approximate surface area is 130 Å². The molecule has 0 saturated carbocycles. The highest BCUT2D eigenvalue weighted by Gasteiger charge is 2.07. The number of aliphatic carboxylic acids is 1. The summed E-state index contributed by atoms with van der Waals surface area (Å²) in [5.41, 5.74) is 1.50. The molecule has 0 N–H and O–H groups in total. The Morgan fingerprint density at radius 3 is 2.29 bits per heavy atom. The van der Waals surface area contributed by atoms with E-state index in [1.54, 1.807) is 0 Å². The summed E-state index contributed by atoms with van der Waals surface area (Å²) in [6, 6.07) is 6.60. The van der Waals surface area contributed by atoms with E-state index in [1.165, 1.54) is 63.6 Å². The van der Waals surface area contributed by atoms with Crippen molar-refractivity contribution in [3.8, 4) is 0 Å². The van der Waals surface area contributed by atoms with E-state index >= 15 is 0 Å². The molecule has 0 spiro atoms. The Hall–Kier alpha value is -1.38. The maximum absolute atomic E-state index is 8.89. The number of aromatic nitrogens is 1. The SMILES string of the molecule is CC(=O)[O-].CCCCCCC[n+]1ccccc1CCCC. The lowest BCUT2D eigenvalue weighted by Crippen LogP contribution is -2.37. The molecule has 1 aromatic rings. The number of unbranched alkanes of at least 4 members (excludes halogenated alkanes) is 5. The minimum Gasteiger partial charge on any atom is -0.550 e. The minimum absolute atomic E-state index is 0.972. The van der Waals surface area contributed by atoms with E-state index in [0.29, 0.717) is 0 Å². The van der Waals surface area contributed by atoms with Gasteiger partial charge in [0.2, 0.25) is 0 Å². The molecule has 3 heteroatoms. The Kier molecular flexibility index (Phi) is 12.7. The van der Waals surface area contributed by atoms with E-state index in [0.717, 1.165) is 6.92 Å². The number of carbonyl (C=O) groups is 1. The van der Waals surface area contributed by atoms with Gasteiger partial charge < -0.3 is 9.90 Å². The molecule has 0 unspecified atom stereocenters. The molecule has 0 aliphatic rings. The summed E-state index contributed by atoms with van der Waals surface area (Å²) in [7, 11) is 0. The van der Waals surface area contributed by atoms with Crippen LogP contribution >= 0.6 is 0 Å². The van der Waals surface area contributed by atoms with Gasteiger partial charge in [-0.2, -0.15) is 0 Å². The number of carboxylic acid groups (broad SMARTS) is 1. The minimum atomic E-state index is -1.08. The van der Waals surface area contributed by atoms with Crippen LogP contribution in [-0.2, 0) is 17.8 Å². The van der Waals surface area contributed by atoms with Crippen molar-refractivity contribution in [2.45, 2.75) is 78.7 Å². The molecule has 0 saturated heterocycles. The third kappa shape index (κ3) is 12.1. The van der Waals surface area contributed by atoms with Gasteiger partial charge in [0.05, 0.1) is 0 Å². The highest BCUT2D eigenvalue weighted by Crippen LogP contribution is 2.04. The highest BCUT2D eigenvalue weighted by atomic mass is 16.4. The molecule has 21 heavy (non-hydrogen) atoms. The number of aryl methyl sites for hydroxylation is 2. The summed E-state index contributed by atoms with van der Waals surface area (Å²) in [5, 5.41) is 8.89. The zero-order chi connectivity index (χ0) is 15.9. The van der Waals surface area contributed by atoms with E-state index in [9.17, 15) is 0 Å². The van der Waals surface area contributed by atoms with Crippen LogP contribution in [0.15, 0.2) is 24.4 Å². The largest absolute Gasteiger partial charge is 0.550 e. The van der Waals surface area contributed by atoms with Crippen molar-refractivity contribution >= 4 is 5.97 Å². The topological polar surface area (TPSA) is 44.0 Å². The summed E-state index contributed by atoms with van der Waals surface area (Å²) < 4.78 is 2.45. The molecule has 0 aliphatic heterocycles. The molecule has 0 bridgehead atoms. The molecule has 120 valence electrons. The third-order valence-electron chi connectivity index (χ3n) is 3.32. The molecule has 1 rings (SSSR count). The number of carboxylic acids is 1. The maximum atomic E-state index is 8.89. The quantitative estimate of drug-likeness (QED) is 0.519. The van der Waals surface area contributed by atoms with Gasteiger partial charge in [-0.25, -0.2) is 4.57 Å². The van der Waals surface area contributed by atoms with Gasteiger partial charge in [-0.05, 0) is 19.8 Å². The first-order valence-electron chi connectivity index (χ1n) is 8.26. The predicted molar refractivity (Wildman–Crippen MR) is 84.7 cm³/mol. The van der Waals surface area contributed by atoms with Gasteiger partial charge in [-0.15, -0.1) is 0 Å². The van der Waals surface area contributed by atoms with Crippen LogP contribution in [0.2, 0.25) is 0 Å². The van der Waals surface area contributed by atoms with Crippen molar-refractivity contribution in [2.75, 3.05) is 0 Å². The van der Waals surface area contributed by atoms with Gasteiger partial charge in [0, 0.05) is 30.9 Å². The lowest BCUT2D eigenvalue weighted by Gasteiger charge is -2.03. The Morgan fingerprint density at radius 1 is 1.05 bits per heavy atom. The van der Waals surface area contributed by atoms with Crippen molar-refractivity contribution in [1.82, 2.24) is 0 Å². The molecular weight excluding hydrogens is 262 g/mol. The standard InChI is InChI=1S/C16H28N.C2H4O2/c1-3-5-7-8-10-14-17-15-11-9-13-16(17)12-6-4-2;1-2(3)4/h9,11,13,15H,3-8,10,12,14H2,1-2H3;1H3,(H,3,4)/q+1;/p-1. The summed E-state index contributed by atoms with van der Waals surface area (Å²) in [6.07, 6.45) is 12.9. The predicted octanol–water partition coefficient (Wildman–Crippen LogP) is 3.04. The second kappa shape index (κ2) is 13.6. The fourth-order valence-electron chi connectivity index (χ4n) is 2.20. The first-order chi connectivity index (χ1) is 10.1. The molecule has 0 radical (unpaired) electrons. The molecule has 0 atom stereocenters. The van der Waals surface area contributed by atoms with Crippen molar-refractivity contribution in [3.05, 3.63) is 30.1 Å². The van der Waals surface area contributed by atoms with Gasteiger partial charge in [0.25, 0.3) is 0 Å². The number of carbonyl (C=O) groups excluding carboxylic acids is 1. The van der Waals surface area contributed by atoms with Crippen LogP contribution in [0.25, 0.3) is 0 Å². The molecule has 1 heterocycles. The molecule has 3 nitrogen and oxygen atoms in total. The van der Waals surface area contributed by atoms with E-state index in [2.05, 4.69) is 42.8 Å². The van der Waals surface area contributed by atoms with Crippen molar-refractivity contribution in [1.29, 1.82) is 0 Å². The zero-order valence-corrected chi connectivity index (χ0v) is 13.9. The lowest BCUT2D eigenvalue weighted by molar-refractivity contribution is -0.704. The van der Waals surface area contributed by atoms with Crippen molar-refractivity contribution in [2.24, 2.45) is 0 Å². The molecule has 0 aliphatic carbocycles. The van der Waals surface area contributed by atoms with E-state index in [4.69, 9.17) is 9.90 Å². The highest BCUT2D eigenvalue weighted by molar-refractivity contribution is 5.60. The monoisotopic (exact) mass is 293 g/mol. The summed E-state index contributed by atoms with van der Waals surface area (Å²) in [5.74, 6) is -1.08. The smallest absolute Gasteiger partial charge is 0.181 e. The van der Waals surface area contributed by atoms with Crippen LogP contribution in [0.5, 0.6) is 0 Å². The Balaban J connectivity index is 0.000000885. The summed E-state index contributed by atoms with van der Waals surface area (Å²) in [4.78, 5) is 8.89. The lowest BCUT2D eigenvalue weighted by atomic mass is 10.1. The Morgan fingerprint density at radius 2 is 1.67 bits per heavy atom. The van der Waals surface area contributed by atoms with Crippen LogP contribution < -0.4 is 9.67 Å². The molecule has 1 aromatic heterocycles. The molecule has 0 aromatic carbocycles. The fourth-order valence-corrected chi connectivity index (χ4v) is 2.20. The van der Waals surface area contributed by atoms with E-state index in [-0.39, 0.29) is 0 Å². The van der Waals surface area contributed by atoms with E-state index in [1.807, 2.05) is 0 Å². The number of nitrogens with zero attached hydrogens (tertiary/aromatic N) is 1. The number of pyridine rings is 1. The van der Waals surface area contributed by atoms with Crippen LogP contribution in [0.1, 0.15) is 71.4 Å². The molecular formula is C18H31NO2. The first-order valence-corrected chi connectivity index (χ1v) is 8.26. The van der Waals surface area contributed by atoms with Gasteiger partial charge >= 0.3 is 0 Å². The van der Waals surface area contributed by atoms with Crippen LogP contribution in [0.3, 0.4) is 0 Å². The van der Waals surface area contributed by atoms with Crippen LogP contribution in [0.4, 0.5) is 0 Å². The average Bonchev–Trinajstić information content (AvgIpc) is 2.45. The first kappa shape index (κ1) is 19.6. The fraction of sp³-hybridized carbons (Fsp3) is 0.667. The number of rotatable bonds is 9. The summed E-state index contributed by atoms with van der Waals surface area (Å²) in [6.45, 7) is 6.70. The van der Waals surface area contributed by atoms with Crippen LogP contribution in [-0.4, -0.2) is 5.97 Å². The van der Waals surface area contributed by atoms with Crippen molar-refractivity contribution < 1.29 is 14.5 Å². The van der Waals surface area contributed by atoms with Gasteiger partial charge in [-0.3, -0.25) is 0 Å². The van der Waals surface area contributed by atoms with Crippen LogP contribution in [0, 0.1) is 0 Å². The summed E-state index contributed by atoms with van der Waals surface area (Å²) >= 11 is 0. The third-order valence-corrected chi connectivity index (χ3v) is 3.32. The second-order valence-corrected chi connectivity index (χ2v) is 5.39. The zero-order valence-electron chi connectivity index (χ0n) is 13.9. The van der Waals surface area contributed by atoms with Gasteiger partial charge in [-0.1, -0.05) is 45.6 Å². The van der Waals surface area contributed by atoms with Gasteiger partial charge in [0.1, 0.15) is 6.54 Å². The number of hydrogen-bond donors (Lipinski definition) is 0. The molecule has 0 amide bonds. The van der Waals surface area contributed by atoms with E-state index < -0.39 is 5.97 Å². The Bertz CT molecular complexity index is 373. The normalized spacial score (nSPS) is 9.86. The number of hydrogen-bond acceptors (Lipinski definition) is 2. The second-order valence-electron chi connectivity index (χ2n) is 5.39. The average molecular weight is 293 g/mol. The van der Waals surface area contributed by atoms with Gasteiger partial charge in [0.15, 0.2) is 11.9 Å².